The molecule has 0 radical (unpaired) electrons. The fourth-order valence-corrected chi connectivity index (χ4v) is 8.37. The minimum atomic E-state index is -1.22. The lowest BCUT2D eigenvalue weighted by molar-refractivity contribution is -0.157. The number of hydrogen-bond acceptors (Lipinski definition) is 4. The number of nitrogens with zero attached hydrogens (tertiary/aromatic N) is 2. The third-order valence-corrected chi connectivity index (χ3v) is 11.6. The van der Waals surface area contributed by atoms with Crippen molar-refractivity contribution >= 4 is 90.2 Å². The molecule has 1 heterocycles. The fourth-order valence-electron chi connectivity index (χ4n) is 5.95. The lowest BCUT2D eigenvalue weighted by atomic mass is 9.81. The van der Waals surface area contributed by atoms with Crippen LogP contribution in [0.3, 0.4) is 0 Å². The molecule has 37 heavy (non-hydrogen) atoms. The molecule has 3 aliphatic rings. The zero-order chi connectivity index (χ0) is 26.6. The first kappa shape index (κ1) is 27.1. The maximum Gasteiger partial charge on any atom is 0.275 e. The molecule has 11 heteroatoms. The quantitative estimate of drug-likeness (QED) is 0.203. The van der Waals surface area contributed by atoms with Gasteiger partial charge in [0.05, 0.1) is 22.4 Å². The van der Waals surface area contributed by atoms with Crippen LogP contribution in [-0.2, 0) is 9.59 Å². The van der Waals surface area contributed by atoms with Crippen molar-refractivity contribution in [3.05, 3.63) is 69.7 Å². The summed E-state index contributed by atoms with van der Waals surface area (Å²) in [6.45, 7) is 0. The summed E-state index contributed by atoms with van der Waals surface area (Å²) >= 11 is 25.8. The normalized spacial score (nSPS) is 28.9. The molecule has 0 spiro atoms. The van der Waals surface area contributed by atoms with Gasteiger partial charge >= 0.3 is 0 Å². The van der Waals surface area contributed by atoms with Crippen LogP contribution < -0.4 is 0 Å². The average Bonchev–Trinajstić information content (AvgIpc) is 3.49. The number of Topliss-reactive ketones (excluding diaryl/α,β-unsaturated/α-hetero) is 1. The molecule has 1 aliphatic heterocycles. The number of ketones is 1. The van der Waals surface area contributed by atoms with E-state index < -0.39 is 41.4 Å². The van der Waals surface area contributed by atoms with E-state index in [2.05, 4.69) is 31.9 Å². The van der Waals surface area contributed by atoms with Crippen LogP contribution in [-0.4, -0.2) is 55.1 Å². The van der Waals surface area contributed by atoms with Crippen LogP contribution in [0.1, 0.15) is 33.6 Å². The Morgan fingerprint density at radius 2 is 1.51 bits per heavy atom. The average molecular weight is 692 g/mol. The topological polar surface area (TPSA) is 74.8 Å². The van der Waals surface area contributed by atoms with Crippen LogP contribution >= 0.6 is 66.7 Å². The highest BCUT2D eigenvalue weighted by atomic mass is 79.9. The Morgan fingerprint density at radius 1 is 0.946 bits per heavy atom. The smallest absolute Gasteiger partial charge is 0.275 e. The van der Waals surface area contributed by atoms with Crippen LogP contribution in [0.15, 0.2) is 48.5 Å². The van der Waals surface area contributed by atoms with Gasteiger partial charge in [-0.05, 0) is 61.1 Å². The molecule has 7 atom stereocenters. The van der Waals surface area contributed by atoms with Gasteiger partial charge in [-0.3, -0.25) is 19.2 Å². The number of alkyl halides is 3. The van der Waals surface area contributed by atoms with Crippen molar-refractivity contribution in [2.24, 2.45) is 23.7 Å². The van der Waals surface area contributed by atoms with E-state index in [1.54, 1.807) is 24.3 Å². The lowest BCUT2D eigenvalue weighted by Crippen LogP contribution is -2.58. The molecule has 2 bridgehead atoms. The van der Waals surface area contributed by atoms with E-state index in [0.29, 0.717) is 5.02 Å². The zero-order valence-corrected chi connectivity index (χ0v) is 24.6. The number of carbonyl (C=O) groups excluding carboxylic acids is 4. The van der Waals surface area contributed by atoms with Gasteiger partial charge in [0.2, 0.25) is 0 Å². The Labute approximate surface area is 245 Å². The monoisotopic (exact) mass is 688 g/mol. The second kappa shape index (κ2) is 10.6. The van der Waals surface area contributed by atoms with Crippen LogP contribution in [0.5, 0.6) is 0 Å². The minimum Gasteiger partial charge on any atom is -0.292 e. The predicted molar refractivity (Wildman–Crippen MR) is 148 cm³/mol. The van der Waals surface area contributed by atoms with E-state index in [9.17, 15) is 19.2 Å². The van der Waals surface area contributed by atoms with Crippen LogP contribution in [0, 0.1) is 23.7 Å². The van der Waals surface area contributed by atoms with E-state index in [1.807, 2.05) is 0 Å². The molecule has 3 amide bonds. The van der Waals surface area contributed by atoms with E-state index >= 15 is 0 Å². The van der Waals surface area contributed by atoms with Crippen molar-refractivity contribution < 1.29 is 19.2 Å². The van der Waals surface area contributed by atoms with Gasteiger partial charge in [-0.15, -0.1) is 11.6 Å². The second-order valence-electron chi connectivity index (χ2n) is 9.49. The van der Waals surface area contributed by atoms with Crippen molar-refractivity contribution in [3.8, 4) is 0 Å². The number of carbonyl (C=O) groups is 4. The molecule has 0 unspecified atom stereocenters. The summed E-state index contributed by atoms with van der Waals surface area (Å²) in [5.74, 6) is -3.38. The number of halogens is 5. The standard InChI is InChI=1S/C26H21Br2Cl3N2O4/c27-21-15-11-16(22(21)28)20-19(15)25(36)33(26(20)37)32(24(35)14-3-1-2-4-17(14)31)18(9-10-29)23(34)12-5-7-13(30)8-6-12/h1-8,15-16,18-22H,9-11H2/t15-,16-,18+,19-,20-,21-,22+/m1/s1. The Kier molecular flexibility index (Phi) is 7.78. The summed E-state index contributed by atoms with van der Waals surface area (Å²) in [6, 6.07) is 11.3. The van der Waals surface area contributed by atoms with Gasteiger partial charge in [-0.25, -0.2) is 5.01 Å². The first-order chi connectivity index (χ1) is 17.7. The first-order valence-corrected chi connectivity index (χ1v) is 14.9. The minimum absolute atomic E-state index is 0.0115. The molecule has 2 aromatic carbocycles. The summed E-state index contributed by atoms with van der Waals surface area (Å²) in [5.41, 5.74) is 0.349. The number of rotatable bonds is 7. The molecule has 2 saturated carbocycles. The van der Waals surface area contributed by atoms with Gasteiger partial charge < -0.3 is 0 Å². The second-order valence-corrected chi connectivity index (χ2v) is 12.8. The van der Waals surface area contributed by atoms with Crippen LogP contribution in [0.25, 0.3) is 0 Å². The van der Waals surface area contributed by atoms with Gasteiger partial charge in [0.1, 0.15) is 6.04 Å². The number of benzene rings is 2. The summed E-state index contributed by atoms with van der Waals surface area (Å²) in [4.78, 5) is 55.7. The highest BCUT2D eigenvalue weighted by Gasteiger charge is 2.68. The molecule has 6 nitrogen and oxygen atoms in total. The molecule has 0 N–H and O–H groups in total. The summed E-state index contributed by atoms with van der Waals surface area (Å²) in [5, 5.41) is 2.48. The summed E-state index contributed by atoms with van der Waals surface area (Å²) in [6.07, 6.45) is 0.750. The molecule has 0 aromatic heterocycles. The van der Waals surface area contributed by atoms with Gasteiger partial charge in [-0.1, -0.05) is 67.2 Å². The van der Waals surface area contributed by atoms with Gasteiger partial charge in [0.15, 0.2) is 5.78 Å². The van der Waals surface area contributed by atoms with Crippen LogP contribution in [0.2, 0.25) is 10.0 Å². The van der Waals surface area contributed by atoms with Crippen molar-refractivity contribution in [2.45, 2.75) is 28.5 Å². The Balaban J connectivity index is 1.61. The maximum atomic E-state index is 14.0. The third-order valence-electron chi connectivity index (χ3n) is 7.60. The van der Waals surface area contributed by atoms with E-state index in [4.69, 9.17) is 34.8 Å². The highest BCUT2D eigenvalue weighted by molar-refractivity contribution is 9.12. The largest absolute Gasteiger partial charge is 0.292 e. The van der Waals surface area contributed by atoms with Crippen LogP contribution in [0.4, 0.5) is 0 Å². The predicted octanol–water partition coefficient (Wildman–Crippen LogP) is 6.01. The molecule has 3 fully saturated rings. The van der Waals surface area contributed by atoms with E-state index in [1.165, 1.54) is 24.3 Å². The molecular weight excluding hydrogens is 670 g/mol. The van der Waals surface area contributed by atoms with Gasteiger partial charge in [-0.2, -0.15) is 5.01 Å². The highest BCUT2D eigenvalue weighted by Crippen LogP contribution is 2.60. The van der Waals surface area contributed by atoms with E-state index in [0.717, 1.165) is 16.4 Å². The van der Waals surface area contributed by atoms with E-state index in [-0.39, 0.29) is 49.9 Å². The SMILES string of the molecule is O=C(c1ccc(Cl)cc1)[C@H](CCCl)N(C(=O)c1ccccc1Cl)N1C(=O)[C@@H]2[C@H]3C[C@@H]([C@@H](Br)[C@H]3Br)[C@H]2C1=O. The lowest BCUT2D eigenvalue weighted by Gasteiger charge is -2.37. The number of amides is 3. The third kappa shape index (κ3) is 4.46. The molecule has 1 saturated heterocycles. The molecule has 2 aromatic rings. The first-order valence-electron chi connectivity index (χ1n) is 11.8. The fraction of sp³-hybridized carbons (Fsp3) is 0.385. The summed E-state index contributed by atoms with van der Waals surface area (Å²) in [7, 11) is 0. The maximum absolute atomic E-state index is 14.0. The molecule has 194 valence electrons. The van der Waals surface area contributed by atoms with Gasteiger partial charge in [0, 0.05) is 26.1 Å². The van der Waals surface area contributed by atoms with Crippen molar-refractivity contribution in [2.75, 3.05) is 5.88 Å². The number of hydrazine groups is 1. The Morgan fingerprint density at radius 3 is 2.05 bits per heavy atom. The van der Waals surface area contributed by atoms with Crippen molar-refractivity contribution in [1.29, 1.82) is 0 Å². The molecule has 2 aliphatic carbocycles. The number of fused-ring (bicyclic) bond motifs is 5. The van der Waals surface area contributed by atoms with Gasteiger partial charge in [0.25, 0.3) is 17.7 Å². The van der Waals surface area contributed by atoms with Crippen molar-refractivity contribution in [1.82, 2.24) is 10.0 Å². The Hall–Kier alpha value is -1.45. The molecule has 5 rings (SSSR count). The summed E-state index contributed by atoms with van der Waals surface area (Å²) < 4.78 is 0. The zero-order valence-electron chi connectivity index (χ0n) is 19.2. The number of imide groups is 1. The number of hydrogen-bond donors (Lipinski definition) is 0. The van der Waals surface area contributed by atoms with Crippen molar-refractivity contribution in [3.63, 3.8) is 0 Å². The Bertz CT molecular complexity index is 1240. The molecular formula is C26H21Br2Cl3N2O4.